The van der Waals surface area contributed by atoms with Crippen LogP contribution in [0.15, 0.2) is 52.9 Å². The van der Waals surface area contributed by atoms with Crippen LogP contribution >= 0.6 is 0 Å². The molecule has 2 unspecified atom stereocenters. The zero-order valence-corrected chi connectivity index (χ0v) is 17.2. The van der Waals surface area contributed by atoms with Crippen LogP contribution in [0.3, 0.4) is 0 Å². The van der Waals surface area contributed by atoms with Gasteiger partial charge in [-0.05, 0) is 24.3 Å². The highest BCUT2D eigenvalue weighted by atomic mass is 19.1. The zero-order valence-electron chi connectivity index (χ0n) is 17.2. The van der Waals surface area contributed by atoms with Crippen LogP contribution in [0, 0.1) is 11.7 Å². The summed E-state index contributed by atoms with van der Waals surface area (Å²) in [5.41, 5.74) is 1.18. The second-order valence-corrected chi connectivity index (χ2v) is 7.32. The Morgan fingerprint density at radius 2 is 2.00 bits per heavy atom. The van der Waals surface area contributed by atoms with Crippen molar-refractivity contribution in [2.45, 2.75) is 5.92 Å². The third kappa shape index (κ3) is 4.51. The van der Waals surface area contributed by atoms with E-state index in [9.17, 15) is 9.18 Å². The molecule has 162 valence electrons. The fraction of sp³-hybridized carbons (Fsp3) is 0.318. The van der Waals surface area contributed by atoms with Crippen LogP contribution in [0.2, 0.25) is 0 Å². The van der Waals surface area contributed by atoms with Gasteiger partial charge in [0.05, 0.1) is 19.6 Å². The molecule has 0 spiro atoms. The molecule has 1 aliphatic heterocycles. The van der Waals surface area contributed by atoms with Crippen molar-refractivity contribution in [2.24, 2.45) is 5.92 Å². The molecule has 0 bridgehead atoms. The minimum absolute atomic E-state index is 0.00701. The number of likely N-dealkylation sites (tertiary alicyclic amines) is 1. The van der Waals surface area contributed by atoms with E-state index in [0.717, 1.165) is 5.56 Å². The highest BCUT2D eigenvalue weighted by Gasteiger charge is 2.39. The number of carbonyl (C=O) groups is 1. The topological polar surface area (TPSA) is 89.7 Å². The first-order chi connectivity index (χ1) is 15.1. The maximum atomic E-state index is 13.9. The lowest BCUT2D eigenvalue weighted by Crippen LogP contribution is -2.33. The molecule has 1 aliphatic rings. The molecule has 8 nitrogen and oxygen atoms in total. The zero-order chi connectivity index (χ0) is 21.8. The number of hydrogen-bond donors (Lipinski definition) is 1. The maximum Gasteiger partial charge on any atom is 0.321 e. The number of carbonyl (C=O) groups excluding carboxylic acids is 1. The fourth-order valence-electron chi connectivity index (χ4n) is 3.73. The van der Waals surface area contributed by atoms with Gasteiger partial charge in [0.25, 0.3) is 0 Å². The molecule has 2 amide bonds. The summed E-state index contributed by atoms with van der Waals surface area (Å²) in [6, 6.07) is 13.4. The minimum atomic E-state index is -0.545. The molecular formula is C22H23FN4O4. The van der Waals surface area contributed by atoms with Gasteiger partial charge in [0.2, 0.25) is 11.8 Å². The Morgan fingerprint density at radius 1 is 1.19 bits per heavy atom. The summed E-state index contributed by atoms with van der Waals surface area (Å²) in [6.07, 6.45) is 0. The number of halogens is 1. The first-order valence-corrected chi connectivity index (χ1v) is 9.86. The molecule has 1 N–H and O–H groups in total. The molecule has 31 heavy (non-hydrogen) atoms. The van der Waals surface area contributed by atoms with E-state index in [-0.39, 0.29) is 23.6 Å². The second kappa shape index (κ2) is 9.13. The predicted octanol–water partition coefficient (Wildman–Crippen LogP) is 3.78. The molecule has 2 heterocycles. The fourth-order valence-corrected chi connectivity index (χ4v) is 3.73. The number of rotatable bonds is 6. The SMILES string of the molecule is COCC1CN(C(=O)Nc2ccc(OC)c(F)c2)CC1c1nnc(-c2ccccc2)o1. The average Bonchev–Trinajstić information content (AvgIpc) is 3.42. The molecule has 4 rings (SSSR count). The van der Waals surface area contributed by atoms with Crippen molar-refractivity contribution < 1.29 is 23.1 Å². The van der Waals surface area contributed by atoms with Crippen LogP contribution in [0.5, 0.6) is 5.75 Å². The Hall–Kier alpha value is -3.46. The molecular weight excluding hydrogens is 403 g/mol. The van der Waals surface area contributed by atoms with Gasteiger partial charge in [0.1, 0.15) is 0 Å². The van der Waals surface area contributed by atoms with E-state index >= 15 is 0 Å². The van der Waals surface area contributed by atoms with Crippen LogP contribution in [-0.2, 0) is 4.74 Å². The molecule has 0 aliphatic carbocycles. The third-order valence-corrected chi connectivity index (χ3v) is 5.29. The lowest BCUT2D eigenvalue weighted by Gasteiger charge is -2.17. The van der Waals surface area contributed by atoms with E-state index in [1.165, 1.54) is 19.2 Å². The molecule has 0 saturated carbocycles. The van der Waals surface area contributed by atoms with Crippen molar-refractivity contribution in [1.82, 2.24) is 15.1 Å². The van der Waals surface area contributed by atoms with Crippen LogP contribution in [-0.4, -0.2) is 55.0 Å². The summed E-state index contributed by atoms with van der Waals surface area (Å²) in [5, 5.41) is 11.1. The molecule has 2 atom stereocenters. The Morgan fingerprint density at radius 3 is 2.71 bits per heavy atom. The van der Waals surface area contributed by atoms with E-state index in [0.29, 0.717) is 37.2 Å². The Kier molecular flexibility index (Phi) is 6.13. The van der Waals surface area contributed by atoms with Gasteiger partial charge in [-0.2, -0.15) is 0 Å². The highest BCUT2D eigenvalue weighted by Crippen LogP contribution is 2.34. The van der Waals surface area contributed by atoms with Crippen molar-refractivity contribution in [3.05, 3.63) is 60.2 Å². The standard InChI is InChI=1S/C22H23FN4O4/c1-29-13-15-11-27(22(28)24-16-8-9-19(30-2)18(23)10-16)12-17(15)21-26-25-20(31-21)14-6-4-3-5-7-14/h3-10,15,17H,11-13H2,1-2H3,(H,24,28). The number of benzene rings is 2. The van der Waals surface area contributed by atoms with Gasteiger partial charge < -0.3 is 24.1 Å². The summed E-state index contributed by atoms with van der Waals surface area (Å²) >= 11 is 0. The first kappa shape index (κ1) is 20.8. The lowest BCUT2D eigenvalue weighted by molar-refractivity contribution is 0.145. The van der Waals surface area contributed by atoms with Gasteiger partial charge in [-0.25, -0.2) is 9.18 Å². The molecule has 2 aromatic carbocycles. The Labute approximate surface area is 179 Å². The van der Waals surface area contributed by atoms with E-state index in [1.54, 1.807) is 18.1 Å². The minimum Gasteiger partial charge on any atom is -0.494 e. The van der Waals surface area contributed by atoms with Crippen molar-refractivity contribution in [2.75, 3.05) is 39.2 Å². The molecule has 1 fully saturated rings. The van der Waals surface area contributed by atoms with Crippen LogP contribution in [0.4, 0.5) is 14.9 Å². The monoisotopic (exact) mass is 426 g/mol. The molecule has 3 aromatic rings. The van der Waals surface area contributed by atoms with Gasteiger partial charge in [0, 0.05) is 43.4 Å². The number of anilines is 1. The summed E-state index contributed by atoms with van der Waals surface area (Å²) in [7, 11) is 3.00. The van der Waals surface area contributed by atoms with Gasteiger partial charge in [0.15, 0.2) is 11.6 Å². The Bertz CT molecular complexity index is 1040. The van der Waals surface area contributed by atoms with E-state index in [1.807, 2.05) is 30.3 Å². The van der Waals surface area contributed by atoms with Gasteiger partial charge in [-0.1, -0.05) is 18.2 Å². The summed E-state index contributed by atoms with van der Waals surface area (Å²) in [5.74, 6) is 0.298. The first-order valence-electron chi connectivity index (χ1n) is 9.86. The van der Waals surface area contributed by atoms with E-state index in [4.69, 9.17) is 13.9 Å². The number of hydrogen-bond acceptors (Lipinski definition) is 6. The number of methoxy groups -OCH3 is 2. The Balaban J connectivity index is 1.48. The molecule has 1 aromatic heterocycles. The number of nitrogens with one attached hydrogen (secondary N) is 1. The van der Waals surface area contributed by atoms with Crippen LogP contribution in [0.25, 0.3) is 11.5 Å². The second-order valence-electron chi connectivity index (χ2n) is 7.32. The van der Waals surface area contributed by atoms with Crippen molar-refractivity contribution in [3.8, 4) is 17.2 Å². The molecule has 9 heteroatoms. The predicted molar refractivity (Wildman–Crippen MR) is 111 cm³/mol. The van der Waals surface area contributed by atoms with Crippen molar-refractivity contribution in [3.63, 3.8) is 0 Å². The van der Waals surface area contributed by atoms with E-state index < -0.39 is 5.82 Å². The number of amides is 2. The summed E-state index contributed by atoms with van der Waals surface area (Å²) < 4.78 is 30.1. The normalized spacial score (nSPS) is 18.2. The number of urea groups is 1. The average molecular weight is 426 g/mol. The summed E-state index contributed by atoms with van der Waals surface area (Å²) in [6.45, 7) is 1.27. The summed E-state index contributed by atoms with van der Waals surface area (Å²) in [4.78, 5) is 14.4. The number of nitrogens with zero attached hydrogens (tertiary/aromatic N) is 3. The van der Waals surface area contributed by atoms with Gasteiger partial charge >= 0.3 is 6.03 Å². The maximum absolute atomic E-state index is 13.9. The van der Waals surface area contributed by atoms with E-state index in [2.05, 4.69) is 15.5 Å². The van der Waals surface area contributed by atoms with Gasteiger partial charge in [-0.3, -0.25) is 0 Å². The van der Waals surface area contributed by atoms with Crippen LogP contribution in [0.1, 0.15) is 11.8 Å². The van der Waals surface area contributed by atoms with Crippen molar-refractivity contribution in [1.29, 1.82) is 0 Å². The lowest BCUT2D eigenvalue weighted by atomic mass is 9.97. The smallest absolute Gasteiger partial charge is 0.321 e. The molecule has 1 saturated heterocycles. The number of aromatic nitrogens is 2. The highest BCUT2D eigenvalue weighted by molar-refractivity contribution is 5.89. The van der Waals surface area contributed by atoms with Crippen LogP contribution < -0.4 is 10.1 Å². The van der Waals surface area contributed by atoms with Crippen molar-refractivity contribution >= 4 is 11.7 Å². The molecule has 0 radical (unpaired) electrons. The largest absolute Gasteiger partial charge is 0.494 e. The number of ether oxygens (including phenoxy) is 2. The third-order valence-electron chi connectivity index (χ3n) is 5.29. The quantitative estimate of drug-likeness (QED) is 0.645. The van der Waals surface area contributed by atoms with Gasteiger partial charge in [-0.15, -0.1) is 10.2 Å².